The first-order valence-corrected chi connectivity index (χ1v) is 11.0. The molecule has 2 heterocycles. The summed E-state index contributed by atoms with van der Waals surface area (Å²) in [5, 5.41) is 3.22. The average Bonchev–Trinajstić information content (AvgIpc) is 2.80. The number of hydrogen-bond donors (Lipinski definition) is 1. The van der Waals surface area contributed by atoms with Crippen molar-refractivity contribution in [3.63, 3.8) is 0 Å². The minimum Gasteiger partial charge on any atom is -0.490 e. The summed E-state index contributed by atoms with van der Waals surface area (Å²) in [7, 11) is 0. The molecule has 0 saturated carbocycles. The zero-order valence-electron chi connectivity index (χ0n) is 18.6. The molecule has 2 aromatic rings. The molecular weight excluding hydrogens is 396 g/mol. The topological polar surface area (TPSA) is 78.9 Å². The maximum absolute atomic E-state index is 13.3. The summed E-state index contributed by atoms with van der Waals surface area (Å²) in [4.78, 5) is 17.6. The van der Waals surface area contributed by atoms with E-state index in [1.807, 2.05) is 39.1 Å². The fourth-order valence-corrected chi connectivity index (χ4v) is 3.83. The average molecular weight is 429 g/mol. The lowest BCUT2D eigenvalue weighted by atomic mass is 9.87. The molecule has 7 nitrogen and oxygen atoms in total. The lowest BCUT2D eigenvalue weighted by Crippen LogP contribution is -2.36. The Balaban J connectivity index is 1.91. The number of ether oxygens (including phenoxy) is 4. The summed E-state index contributed by atoms with van der Waals surface area (Å²) in [6.07, 6.45) is 5.33. The third kappa shape index (κ3) is 5.88. The number of benzene rings is 1. The maximum Gasteiger partial charge on any atom is 0.252 e. The van der Waals surface area contributed by atoms with E-state index in [-0.39, 0.29) is 17.9 Å². The van der Waals surface area contributed by atoms with Crippen molar-refractivity contribution >= 4 is 5.91 Å². The number of carbonyl (C=O) groups excluding carboxylic acids is 1. The highest BCUT2D eigenvalue weighted by Crippen LogP contribution is 2.39. The summed E-state index contributed by atoms with van der Waals surface area (Å²) in [5.74, 6) is 1.62. The van der Waals surface area contributed by atoms with Gasteiger partial charge >= 0.3 is 0 Å². The molecule has 1 amide bonds. The molecule has 1 aliphatic rings. The highest BCUT2D eigenvalue weighted by Gasteiger charge is 2.28. The second-order valence-corrected chi connectivity index (χ2v) is 7.29. The van der Waals surface area contributed by atoms with Gasteiger partial charge in [0.15, 0.2) is 11.5 Å². The van der Waals surface area contributed by atoms with Crippen LogP contribution in [-0.4, -0.2) is 43.9 Å². The third-order valence-electron chi connectivity index (χ3n) is 5.24. The van der Waals surface area contributed by atoms with Gasteiger partial charge in [-0.2, -0.15) is 0 Å². The third-order valence-corrected chi connectivity index (χ3v) is 5.24. The molecule has 1 aromatic carbocycles. The largest absolute Gasteiger partial charge is 0.490 e. The van der Waals surface area contributed by atoms with Gasteiger partial charge in [0.25, 0.3) is 5.91 Å². The summed E-state index contributed by atoms with van der Waals surface area (Å²) >= 11 is 0. The Hall–Kier alpha value is -2.80. The van der Waals surface area contributed by atoms with Crippen molar-refractivity contribution in [2.45, 2.75) is 39.7 Å². The second-order valence-electron chi connectivity index (χ2n) is 7.29. The molecule has 7 heteroatoms. The van der Waals surface area contributed by atoms with E-state index < -0.39 is 0 Å². The second kappa shape index (κ2) is 11.6. The highest BCUT2D eigenvalue weighted by molar-refractivity contribution is 5.96. The van der Waals surface area contributed by atoms with Crippen LogP contribution in [-0.2, 0) is 4.74 Å². The Bertz CT molecular complexity index is 810. The van der Waals surface area contributed by atoms with E-state index in [2.05, 4.69) is 10.3 Å². The molecule has 0 aliphatic carbocycles. The number of nitrogens with zero attached hydrogens (tertiary/aromatic N) is 1. The van der Waals surface area contributed by atoms with Crippen molar-refractivity contribution in [2.24, 2.45) is 5.92 Å². The number of amides is 1. The van der Waals surface area contributed by atoms with Crippen molar-refractivity contribution in [3.8, 4) is 17.2 Å². The first-order chi connectivity index (χ1) is 15.2. The molecule has 1 atom stereocenters. The van der Waals surface area contributed by atoms with E-state index in [4.69, 9.17) is 18.9 Å². The molecule has 1 aromatic heterocycles. The minimum atomic E-state index is -0.190. The van der Waals surface area contributed by atoms with Crippen LogP contribution in [0.1, 0.15) is 55.6 Å². The van der Waals surface area contributed by atoms with Crippen LogP contribution in [0.3, 0.4) is 0 Å². The first-order valence-electron chi connectivity index (χ1n) is 11.0. The molecule has 168 valence electrons. The predicted octanol–water partition coefficient (Wildman–Crippen LogP) is 4.18. The Morgan fingerprint density at radius 2 is 1.74 bits per heavy atom. The Morgan fingerprint density at radius 1 is 1.10 bits per heavy atom. The van der Waals surface area contributed by atoms with Crippen LogP contribution in [0.25, 0.3) is 0 Å². The van der Waals surface area contributed by atoms with Crippen molar-refractivity contribution in [1.29, 1.82) is 0 Å². The molecule has 1 fully saturated rings. The molecule has 3 rings (SSSR count). The smallest absolute Gasteiger partial charge is 0.252 e. The van der Waals surface area contributed by atoms with Gasteiger partial charge in [0.05, 0.1) is 25.9 Å². The van der Waals surface area contributed by atoms with E-state index >= 15 is 0 Å². The number of carbonyl (C=O) groups is 1. The van der Waals surface area contributed by atoms with Gasteiger partial charge in [-0.25, -0.2) is 0 Å². The van der Waals surface area contributed by atoms with Crippen molar-refractivity contribution < 1.29 is 23.7 Å². The molecule has 1 aliphatic heterocycles. The van der Waals surface area contributed by atoms with Crippen molar-refractivity contribution in [3.05, 3.63) is 47.8 Å². The van der Waals surface area contributed by atoms with Crippen molar-refractivity contribution in [1.82, 2.24) is 10.3 Å². The fourth-order valence-electron chi connectivity index (χ4n) is 3.83. The number of rotatable bonds is 10. The maximum atomic E-state index is 13.3. The van der Waals surface area contributed by atoms with Crippen LogP contribution in [0.5, 0.6) is 17.2 Å². The van der Waals surface area contributed by atoms with Crippen LogP contribution >= 0.6 is 0 Å². The van der Waals surface area contributed by atoms with E-state index in [0.29, 0.717) is 55.8 Å². The summed E-state index contributed by atoms with van der Waals surface area (Å²) < 4.78 is 22.8. The number of aromatic nitrogens is 1. The van der Waals surface area contributed by atoms with Gasteiger partial charge in [-0.1, -0.05) is 6.07 Å². The molecule has 0 radical (unpaired) electrons. The lowest BCUT2D eigenvalue weighted by molar-refractivity contribution is 0.0513. The van der Waals surface area contributed by atoms with Crippen LogP contribution in [0.4, 0.5) is 0 Å². The highest BCUT2D eigenvalue weighted by atomic mass is 16.5. The lowest BCUT2D eigenvalue weighted by Gasteiger charge is -2.31. The molecule has 0 bridgehead atoms. The summed E-state index contributed by atoms with van der Waals surface area (Å²) in [6, 6.07) is 7.18. The zero-order valence-corrected chi connectivity index (χ0v) is 18.6. The van der Waals surface area contributed by atoms with Gasteiger partial charge in [0.2, 0.25) is 5.75 Å². The summed E-state index contributed by atoms with van der Waals surface area (Å²) in [5.41, 5.74) is 1.46. The summed E-state index contributed by atoms with van der Waals surface area (Å²) in [6.45, 7) is 8.47. The van der Waals surface area contributed by atoms with E-state index in [9.17, 15) is 4.79 Å². The molecule has 0 spiro atoms. The van der Waals surface area contributed by atoms with E-state index in [0.717, 1.165) is 18.4 Å². The molecule has 1 unspecified atom stereocenters. The van der Waals surface area contributed by atoms with Gasteiger partial charge in [-0.15, -0.1) is 0 Å². The molecule has 1 saturated heterocycles. The SMILES string of the molecule is CCOc1cc(C(=O)NC(c2cccnc2)C2CCOCC2)cc(OCC)c1OCC. The monoisotopic (exact) mass is 428 g/mol. The van der Waals surface area contributed by atoms with Crippen LogP contribution in [0.15, 0.2) is 36.7 Å². The van der Waals surface area contributed by atoms with Gasteiger partial charge in [-0.3, -0.25) is 9.78 Å². The Labute approximate surface area is 184 Å². The standard InChI is InChI=1S/C24H32N2O5/c1-4-29-20-14-19(15-21(30-5-2)23(20)31-6-3)24(27)26-22(17-9-12-28-13-10-17)18-8-7-11-25-16-18/h7-8,11,14-17,22H,4-6,9-10,12-13H2,1-3H3,(H,26,27). The molecule has 1 N–H and O–H groups in total. The van der Waals surface area contributed by atoms with Crippen LogP contribution in [0.2, 0.25) is 0 Å². The van der Waals surface area contributed by atoms with Gasteiger partial charge in [0.1, 0.15) is 0 Å². The number of pyridine rings is 1. The predicted molar refractivity (Wildman–Crippen MR) is 118 cm³/mol. The molecular formula is C24H32N2O5. The Kier molecular flexibility index (Phi) is 8.53. The Morgan fingerprint density at radius 3 is 2.29 bits per heavy atom. The van der Waals surface area contributed by atoms with Crippen LogP contribution in [0, 0.1) is 5.92 Å². The number of nitrogens with one attached hydrogen (secondary N) is 1. The van der Waals surface area contributed by atoms with E-state index in [1.54, 1.807) is 18.3 Å². The van der Waals surface area contributed by atoms with Crippen LogP contribution < -0.4 is 19.5 Å². The molecule has 31 heavy (non-hydrogen) atoms. The normalized spacial score (nSPS) is 15.2. The first kappa shape index (κ1) is 22.9. The van der Waals surface area contributed by atoms with E-state index in [1.165, 1.54) is 0 Å². The fraction of sp³-hybridized carbons (Fsp3) is 0.500. The quantitative estimate of drug-likeness (QED) is 0.612. The van der Waals surface area contributed by atoms with Gasteiger partial charge in [-0.05, 0) is 63.3 Å². The van der Waals surface area contributed by atoms with Crippen molar-refractivity contribution in [2.75, 3.05) is 33.0 Å². The zero-order chi connectivity index (χ0) is 22.1. The minimum absolute atomic E-state index is 0.150. The van der Waals surface area contributed by atoms with Gasteiger partial charge in [0, 0.05) is 31.2 Å². The van der Waals surface area contributed by atoms with Gasteiger partial charge < -0.3 is 24.3 Å². The number of hydrogen-bond acceptors (Lipinski definition) is 6.